The summed E-state index contributed by atoms with van der Waals surface area (Å²) in [7, 11) is 3.15. The van der Waals surface area contributed by atoms with Crippen LogP contribution in [-0.2, 0) is 0 Å². The van der Waals surface area contributed by atoms with E-state index in [0.29, 0.717) is 33.4 Å². The van der Waals surface area contributed by atoms with Gasteiger partial charge in [-0.05, 0) is 48.4 Å². The van der Waals surface area contributed by atoms with Crippen LogP contribution in [0, 0.1) is 0 Å². The third kappa shape index (κ3) is 3.86. The fourth-order valence-electron chi connectivity index (χ4n) is 2.96. The number of ether oxygens (including phenoxy) is 3. The smallest absolute Gasteiger partial charge is 0.291 e. The molecule has 0 aliphatic heterocycles. The van der Waals surface area contributed by atoms with Crippen LogP contribution >= 0.6 is 11.3 Å². The van der Waals surface area contributed by atoms with Crippen molar-refractivity contribution in [1.82, 2.24) is 14.6 Å². The van der Waals surface area contributed by atoms with Crippen molar-refractivity contribution in [3.63, 3.8) is 0 Å². The first-order chi connectivity index (χ1) is 14.6. The first-order valence-electron chi connectivity index (χ1n) is 9.49. The second kappa shape index (κ2) is 8.54. The highest BCUT2D eigenvalue weighted by Crippen LogP contribution is 2.31. The molecule has 2 aromatic carbocycles. The molecule has 7 nitrogen and oxygen atoms in total. The average Bonchev–Trinajstić information content (AvgIpc) is 3.32. The Kier molecular flexibility index (Phi) is 5.67. The zero-order valence-electron chi connectivity index (χ0n) is 16.9. The van der Waals surface area contributed by atoms with Gasteiger partial charge in [-0.2, -0.15) is 9.50 Å². The Hall–Kier alpha value is -3.39. The lowest BCUT2D eigenvalue weighted by atomic mass is 10.2. The molecule has 4 aromatic rings. The number of benzene rings is 2. The number of aromatic nitrogens is 3. The van der Waals surface area contributed by atoms with Gasteiger partial charge in [0.2, 0.25) is 4.96 Å². The van der Waals surface area contributed by atoms with Crippen LogP contribution in [0.15, 0.2) is 47.3 Å². The Bertz CT molecular complexity index is 1280. The van der Waals surface area contributed by atoms with Crippen LogP contribution < -0.4 is 24.3 Å². The lowest BCUT2D eigenvalue weighted by Gasteiger charge is -2.07. The van der Waals surface area contributed by atoms with E-state index in [1.807, 2.05) is 36.4 Å². The molecular weight excluding hydrogens is 402 g/mol. The third-order valence-corrected chi connectivity index (χ3v) is 5.43. The van der Waals surface area contributed by atoms with Gasteiger partial charge in [-0.25, -0.2) is 0 Å². The number of rotatable bonds is 7. The molecule has 0 bridgehead atoms. The first kappa shape index (κ1) is 19.9. The molecule has 0 amide bonds. The number of hydrogen-bond donors (Lipinski definition) is 0. The van der Waals surface area contributed by atoms with E-state index >= 15 is 0 Å². The van der Waals surface area contributed by atoms with Crippen LogP contribution in [-0.4, -0.2) is 35.4 Å². The molecule has 0 fully saturated rings. The molecule has 0 N–H and O–H groups in total. The van der Waals surface area contributed by atoms with Gasteiger partial charge in [-0.1, -0.05) is 30.4 Å². The van der Waals surface area contributed by atoms with Crippen LogP contribution in [0.25, 0.3) is 22.4 Å². The second-order valence-electron chi connectivity index (χ2n) is 6.53. The average molecular weight is 423 g/mol. The molecule has 0 spiro atoms. The van der Waals surface area contributed by atoms with Crippen LogP contribution in [0.4, 0.5) is 0 Å². The maximum Gasteiger partial charge on any atom is 0.291 e. The molecule has 30 heavy (non-hydrogen) atoms. The Labute approximate surface area is 177 Å². The van der Waals surface area contributed by atoms with Crippen molar-refractivity contribution in [2.45, 2.75) is 13.3 Å². The predicted octanol–water partition coefficient (Wildman–Crippen LogP) is 3.17. The summed E-state index contributed by atoms with van der Waals surface area (Å²) in [5.41, 5.74) is 1.47. The lowest BCUT2D eigenvalue weighted by Crippen LogP contribution is -2.23. The van der Waals surface area contributed by atoms with E-state index in [-0.39, 0.29) is 5.56 Å². The highest BCUT2D eigenvalue weighted by Gasteiger charge is 2.14. The minimum Gasteiger partial charge on any atom is -0.494 e. The SMILES string of the molecule is CCCOc1ccc(C=c2sc3nc(-c4ccc(OC)c(OC)c4)nn3c2=O)cc1. The standard InChI is InChI=1S/C22H21N3O4S/c1-4-11-29-16-8-5-14(6-9-16)12-19-21(26)25-22(30-19)23-20(24-25)15-7-10-17(27-2)18(13-15)28-3/h5-10,12-13H,4,11H2,1-3H3. The molecule has 0 aliphatic rings. The van der Waals surface area contributed by atoms with Crippen molar-refractivity contribution in [2.75, 3.05) is 20.8 Å². The molecule has 2 aromatic heterocycles. The van der Waals surface area contributed by atoms with Gasteiger partial charge in [0.25, 0.3) is 5.56 Å². The number of thiazole rings is 1. The highest BCUT2D eigenvalue weighted by atomic mass is 32.1. The molecule has 0 saturated heterocycles. The van der Waals surface area contributed by atoms with E-state index in [2.05, 4.69) is 17.0 Å². The van der Waals surface area contributed by atoms with E-state index in [9.17, 15) is 4.79 Å². The minimum absolute atomic E-state index is 0.194. The van der Waals surface area contributed by atoms with Crippen LogP contribution in [0.5, 0.6) is 17.2 Å². The van der Waals surface area contributed by atoms with Gasteiger partial charge in [0, 0.05) is 5.56 Å². The van der Waals surface area contributed by atoms with Gasteiger partial charge >= 0.3 is 0 Å². The van der Waals surface area contributed by atoms with E-state index in [1.54, 1.807) is 26.4 Å². The molecule has 0 atom stereocenters. The second-order valence-corrected chi connectivity index (χ2v) is 7.54. The van der Waals surface area contributed by atoms with Gasteiger partial charge in [0.1, 0.15) is 5.75 Å². The van der Waals surface area contributed by atoms with Crippen molar-refractivity contribution < 1.29 is 14.2 Å². The van der Waals surface area contributed by atoms with Crippen molar-refractivity contribution in [2.24, 2.45) is 0 Å². The van der Waals surface area contributed by atoms with Crippen molar-refractivity contribution in [3.05, 3.63) is 62.9 Å². The summed E-state index contributed by atoms with van der Waals surface area (Å²) in [6.07, 6.45) is 2.80. The van der Waals surface area contributed by atoms with Crippen molar-refractivity contribution >= 4 is 22.4 Å². The fourth-order valence-corrected chi connectivity index (χ4v) is 3.87. The zero-order valence-corrected chi connectivity index (χ0v) is 17.7. The van der Waals surface area contributed by atoms with E-state index in [1.165, 1.54) is 15.9 Å². The Morgan fingerprint density at radius 2 is 1.83 bits per heavy atom. The lowest BCUT2D eigenvalue weighted by molar-refractivity contribution is 0.317. The normalized spacial score (nSPS) is 11.8. The molecular formula is C22H21N3O4S. The minimum atomic E-state index is -0.194. The number of nitrogens with zero attached hydrogens (tertiary/aromatic N) is 3. The van der Waals surface area contributed by atoms with Crippen molar-refractivity contribution in [1.29, 1.82) is 0 Å². The van der Waals surface area contributed by atoms with Gasteiger partial charge in [-0.15, -0.1) is 5.10 Å². The molecule has 0 radical (unpaired) electrons. The van der Waals surface area contributed by atoms with E-state index < -0.39 is 0 Å². The topological polar surface area (TPSA) is 74.9 Å². The summed E-state index contributed by atoms with van der Waals surface area (Å²) >= 11 is 1.30. The molecule has 0 saturated carbocycles. The van der Waals surface area contributed by atoms with Crippen LogP contribution in [0.1, 0.15) is 18.9 Å². The van der Waals surface area contributed by atoms with Crippen LogP contribution in [0.3, 0.4) is 0 Å². The molecule has 154 valence electrons. The summed E-state index contributed by atoms with van der Waals surface area (Å²) in [4.78, 5) is 17.8. The largest absolute Gasteiger partial charge is 0.494 e. The van der Waals surface area contributed by atoms with E-state index in [4.69, 9.17) is 14.2 Å². The predicted molar refractivity (Wildman–Crippen MR) is 117 cm³/mol. The van der Waals surface area contributed by atoms with E-state index in [0.717, 1.165) is 23.3 Å². The summed E-state index contributed by atoms with van der Waals surface area (Å²) in [6.45, 7) is 2.75. The first-order valence-corrected chi connectivity index (χ1v) is 10.3. The summed E-state index contributed by atoms with van der Waals surface area (Å²) in [6, 6.07) is 13.1. The summed E-state index contributed by atoms with van der Waals surface area (Å²) in [5, 5.41) is 4.39. The Morgan fingerprint density at radius 3 is 2.50 bits per heavy atom. The van der Waals surface area contributed by atoms with Gasteiger partial charge in [0.15, 0.2) is 17.3 Å². The Balaban J connectivity index is 1.66. The molecule has 0 aliphatic carbocycles. The third-order valence-electron chi connectivity index (χ3n) is 4.47. The van der Waals surface area contributed by atoms with Crippen LogP contribution in [0.2, 0.25) is 0 Å². The zero-order chi connectivity index (χ0) is 21.1. The molecule has 4 rings (SSSR count). The Morgan fingerprint density at radius 1 is 1.07 bits per heavy atom. The summed E-state index contributed by atoms with van der Waals surface area (Å²) < 4.78 is 18.1. The maximum absolute atomic E-state index is 12.8. The molecule has 0 unspecified atom stereocenters. The van der Waals surface area contributed by atoms with Crippen molar-refractivity contribution in [3.8, 4) is 28.6 Å². The summed E-state index contributed by atoms with van der Waals surface area (Å²) in [5.74, 6) is 2.48. The molecule has 2 heterocycles. The fraction of sp³-hybridized carbons (Fsp3) is 0.227. The number of hydrogen-bond acceptors (Lipinski definition) is 7. The molecule has 8 heteroatoms. The number of fused-ring (bicyclic) bond motifs is 1. The maximum atomic E-state index is 12.8. The van der Waals surface area contributed by atoms with Gasteiger partial charge < -0.3 is 14.2 Å². The monoisotopic (exact) mass is 423 g/mol. The van der Waals surface area contributed by atoms with Gasteiger partial charge in [-0.3, -0.25) is 4.79 Å². The highest BCUT2D eigenvalue weighted by molar-refractivity contribution is 7.15. The van der Waals surface area contributed by atoms with Gasteiger partial charge in [0.05, 0.1) is 25.4 Å². The number of methoxy groups -OCH3 is 2. The quantitative estimate of drug-likeness (QED) is 0.455.